The lowest BCUT2D eigenvalue weighted by molar-refractivity contribution is 0.676. The van der Waals surface area contributed by atoms with E-state index in [1.165, 1.54) is 0 Å². The van der Waals surface area contributed by atoms with E-state index in [4.69, 9.17) is 11.1 Å². The number of hydrogen-bond acceptors (Lipinski definition) is 3. The van der Waals surface area contributed by atoms with E-state index < -0.39 is 0 Å². The van der Waals surface area contributed by atoms with Crippen LogP contribution in [0.5, 0.6) is 0 Å². The minimum absolute atomic E-state index is 0.205. The zero-order valence-electron chi connectivity index (χ0n) is 12.3. The van der Waals surface area contributed by atoms with Crippen LogP contribution in [0.15, 0.2) is 34.8 Å². The van der Waals surface area contributed by atoms with Gasteiger partial charge >= 0.3 is 0 Å². The van der Waals surface area contributed by atoms with Crippen LogP contribution in [0.1, 0.15) is 17.8 Å². The molecular formula is C15H20BrN5. The number of aromatic nitrogens is 2. The van der Waals surface area contributed by atoms with Crippen LogP contribution in [0.3, 0.4) is 0 Å². The second-order valence-corrected chi connectivity index (χ2v) is 5.80. The standard InChI is InChI=1S/C15H20BrN5/c1-11-15(16)13(20(2)19-11)10-21(9-8-14(17)18)12-6-4-3-5-7-12/h3-7H,8-10H2,1-2H3,(H3,17,18). The molecule has 1 aromatic heterocycles. The van der Waals surface area contributed by atoms with Crippen molar-refractivity contribution in [3.05, 3.63) is 46.2 Å². The van der Waals surface area contributed by atoms with E-state index in [1.807, 2.05) is 36.9 Å². The highest BCUT2D eigenvalue weighted by molar-refractivity contribution is 9.10. The first kappa shape index (κ1) is 15.6. The van der Waals surface area contributed by atoms with Crippen LogP contribution in [0.25, 0.3) is 0 Å². The van der Waals surface area contributed by atoms with Crippen molar-refractivity contribution in [2.45, 2.75) is 19.9 Å². The fourth-order valence-electron chi connectivity index (χ4n) is 2.23. The zero-order valence-corrected chi connectivity index (χ0v) is 13.9. The Morgan fingerprint density at radius 1 is 1.38 bits per heavy atom. The van der Waals surface area contributed by atoms with Crippen LogP contribution in [0.2, 0.25) is 0 Å². The number of para-hydroxylation sites is 1. The Balaban J connectivity index is 2.25. The Morgan fingerprint density at radius 2 is 2.05 bits per heavy atom. The summed E-state index contributed by atoms with van der Waals surface area (Å²) in [6.07, 6.45) is 0.545. The molecule has 0 bridgehead atoms. The van der Waals surface area contributed by atoms with E-state index in [2.05, 4.69) is 38.1 Å². The van der Waals surface area contributed by atoms with Crippen molar-refractivity contribution >= 4 is 27.5 Å². The SMILES string of the molecule is Cc1nn(C)c(CN(CCC(=N)N)c2ccccc2)c1Br. The second kappa shape index (κ2) is 6.76. The van der Waals surface area contributed by atoms with Gasteiger partial charge in [-0.1, -0.05) is 18.2 Å². The van der Waals surface area contributed by atoms with Gasteiger partial charge in [-0.25, -0.2) is 0 Å². The molecule has 0 unspecified atom stereocenters. The summed E-state index contributed by atoms with van der Waals surface area (Å²) in [6.45, 7) is 3.40. The fourth-order valence-corrected chi connectivity index (χ4v) is 2.69. The molecular weight excluding hydrogens is 330 g/mol. The minimum atomic E-state index is 0.205. The molecule has 6 heteroatoms. The van der Waals surface area contributed by atoms with Gasteiger partial charge in [-0.05, 0) is 35.0 Å². The summed E-state index contributed by atoms with van der Waals surface area (Å²) in [7, 11) is 1.95. The van der Waals surface area contributed by atoms with Gasteiger partial charge in [0.05, 0.1) is 28.2 Å². The second-order valence-electron chi connectivity index (χ2n) is 5.00. The number of benzene rings is 1. The maximum absolute atomic E-state index is 7.44. The predicted molar refractivity (Wildman–Crippen MR) is 89.7 cm³/mol. The largest absolute Gasteiger partial charge is 0.388 e. The van der Waals surface area contributed by atoms with Gasteiger partial charge in [0.15, 0.2) is 0 Å². The molecule has 0 amide bonds. The van der Waals surface area contributed by atoms with Gasteiger partial charge in [0.2, 0.25) is 0 Å². The normalized spacial score (nSPS) is 10.6. The number of anilines is 1. The third-order valence-electron chi connectivity index (χ3n) is 3.37. The monoisotopic (exact) mass is 349 g/mol. The predicted octanol–water partition coefficient (Wildman–Crippen LogP) is 2.82. The first-order chi connectivity index (χ1) is 9.99. The molecule has 1 heterocycles. The molecule has 0 fully saturated rings. The van der Waals surface area contributed by atoms with E-state index in [-0.39, 0.29) is 5.84 Å². The first-order valence-corrected chi connectivity index (χ1v) is 7.59. The summed E-state index contributed by atoms with van der Waals surface area (Å²) in [4.78, 5) is 2.21. The van der Waals surface area contributed by atoms with Crippen LogP contribution < -0.4 is 10.6 Å². The van der Waals surface area contributed by atoms with Crippen molar-refractivity contribution in [3.8, 4) is 0 Å². The molecule has 0 atom stereocenters. The summed E-state index contributed by atoms with van der Waals surface area (Å²) >= 11 is 3.61. The average molecular weight is 350 g/mol. The Kier molecular flexibility index (Phi) is 5.01. The van der Waals surface area contributed by atoms with Gasteiger partial charge in [0.1, 0.15) is 0 Å². The van der Waals surface area contributed by atoms with E-state index in [1.54, 1.807) is 0 Å². The highest BCUT2D eigenvalue weighted by Crippen LogP contribution is 2.24. The molecule has 2 rings (SSSR count). The summed E-state index contributed by atoms with van der Waals surface area (Å²) < 4.78 is 2.93. The van der Waals surface area contributed by atoms with Crippen LogP contribution in [0.4, 0.5) is 5.69 Å². The molecule has 1 aromatic carbocycles. The summed E-state index contributed by atoms with van der Waals surface area (Å²) in [5, 5.41) is 11.9. The molecule has 0 aliphatic rings. The smallest absolute Gasteiger partial charge is 0.0923 e. The molecule has 0 aliphatic carbocycles. The molecule has 5 nitrogen and oxygen atoms in total. The Labute approximate surface area is 133 Å². The Hall–Kier alpha value is -1.82. The lowest BCUT2D eigenvalue weighted by atomic mass is 10.2. The highest BCUT2D eigenvalue weighted by atomic mass is 79.9. The van der Waals surface area contributed by atoms with Crippen LogP contribution in [-0.2, 0) is 13.6 Å². The van der Waals surface area contributed by atoms with Crippen molar-refractivity contribution in [3.63, 3.8) is 0 Å². The van der Waals surface area contributed by atoms with E-state index in [9.17, 15) is 0 Å². The summed E-state index contributed by atoms with van der Waals surface area (Å²) in [6, 6.07) is 10.2. The maximum atomic E-state index is 7.44. The van der Waals surface area contributed by atoms with Gasteiger partial charge in [-0.2, -0.15) is 5.10 Å². The molecule has 0 saturated carbocycles. The number of nitrogens with one attached hydrogen (secondary N) is 1. The molecule has 0 aliphatic heterocycles. The van der Waals surface area contributed by atoms with Crippen LogP contribution in [0, 0.1) is 12.3 Å². The van der Waals surface area contributed by atoms with Crippen molar-refractivity contribution in [1.82, 2.24) is 9.78 Å². The number of hydrogen-bond donors (Lipinski definition) is 2. The quantitative estimate of drug-likeness (QED) is 0.622. The van der Waals surface area contributed by atoms with Crippen LogP contribution >= 0.6 is 15.9 Å². The number of nitrogens with two attached hydrogens (primary N) is 1. The molecule has 0 saturated heterocycles. The van der Waals surface area contributed by atoms with Gasteiger partial charge in [-0.3, -0.25) is 10.1 Å². The Bertz CT molecular complexity index is 620. The lowest BCUT2D eigenvalue weighted by Crippen LogP contribution is -2.28. The summed E-state index contributed by atoms with van der Waals surface area (Å²) in [5.74, 6) is 0.205. The number of rotatable bonds is 6. The van der Waals surface area contributed by atoms with Crippen molar-refractivity contribution in [2.75, 3.05) is 11.4 Å². The van der Waals surface area contributed by atoms with Crippen LogP contribution in [-0.4, -0.2) is 22.2 Å². The van der Waals surface area contributed by atoms with E-state index in [0.717, 1.165) is 28.1 Å². The molecule has 3 N–H and O–H groups in total. The van der Waals surface area contributed by atoms with Crippen molar-refractivity contribution in [2.24, 2.45) is 12.8 Å². The Morgan fingerprint density at radius 3 is 2.57 bits per heavy atom. The lowest BCUT2D eigenvalue weighted by Gasteiger charge is -2.25. The molecule has 0 spiro atoms. The fraction of sp³-hybridized carbons (Fsp3) is 0.333. The number of amidine groups is 1. The van der Waals surface area contributed by atoms with Gasteiger partial charge in [-0.15, -0.1) is 0 Å². The maximum Gasteiger partial charge on any atom is 0.0923 e. The van der Waals surface area contributed by atoms with Crippen molar-refractivity contribution < 1.29 is 0 Å². The minimum Gasteiger partial charge on any atom is -0.388 e. The first-order valence-electron chi connectivity index (χ1n) is 6.80. The third-order valence-corrected chi connectivity index (χ3v) is 4.41. The molecule has 112 valence electrons. The number of aryl methyl sites for hydroxylation is 2. The molecule has 2 aromatic rings. The van der Waals surface area contributed by atoms with E-state index >= 15 is 0 Å². The average Bonchev–Trinajstić information content (AvgIpc) is 2.70. The van der Waals surface area contributed by atoms with Gasteiger partial charge < -0.3 is 10.6 Å². The third kappa shape index (κ3) is 3.85. The number of halogens is 1. The molecule has 21 heavy (non-hydrogen) atoms. The van der Waals surface area contributed by atoms with Gasteiger partial charge in [0, 0.05) is 25.7 Å². The zero-order chi connectivity index (χ0) is 15.4. The van der Waals surface area contributed by atoms with Gasteiger partial charge in [0.25, 0.3) is 0 Å². The summed E-state index contributed by atoms with van der Waals surface area (Å²) in [5.41, 5.74) is 8.71. The van der Waals surface area contributed by atoms with E-state index in [0.29, 0.717) is 13.0 Å². The van der Waals surface area contributed by atoms with Crippen molar-refractivity contribution in [1.29, 1.82) is 5.41 Å². The topological polar surface area (TPSA) is 70.9 Å². The highest BCUT2D eigenvalue weighted by Gasteiger charge is 2.15. The molecule has 0 radical (unpaired) electrons. The number of nitrogens with zero attached hydrogens (tertiary/aromatic N) is 3.